The Balaban J connectivity index is 2.43. The Morgan fingerprint density at radius 1 is 1.42 bits per heavy atom. The second kappa shape index (κ2) is 7.25. The van der Waals surface area contributed by atoms with E-state index in [1.165, 1.54) is 39.2 Å². The average Bonchev–Trinajstić information content (AvgIpc) is 2.38. The number of esters is 1. The van der Waals surface area contributed by atoms with E-state index in [0.29, 0.717) is 6.42 Å². The minimum atomic E-state index is -0.894. The minimum Gasteiger partial charge on any atom is -0.468 e. The topological polar surface area (TPSA) is 55.6 Å². The molecule has 4 nitrogen and oxygen atoms in total. The highest BCUT2D eigenvalue weighted by Crippen LogP contribution is 2.25. The van der Waals surface area contributed by atoms with Gasteiger partial charge in [-0.1, -0.05) is 19.3 Å². The number of rotatable bonds is 6. The summed E-state index contributed by atoms with van der Waals surface area (Å²) >= 11 is 0. The molecule has 0 radical (unpaired) electrons. The molecule has 1 aliphatic rings. The van der Waals surface area contributed by atoms with Crippen molar-refractivity contribution in [3.05, 3.63) is 0 Å². The van der Waals surface area contributed by atoms with Gasteiger partial charge in [-0.3, -0.25) is 4.79 Å². The maximum absolute atomic E-state index is 11.6. The van der Waals surface area contributed by atoms with Gasteiger partial charge in [0.2, 0.25) is 0 Å². The number of nitrogens with two attached hydrogens (primary N) is 1. The predicted molar refractivity (Wildman–Crippen MR) is 77.9 cm³/mol. The van der Waals surface area contributed by atoms with Crippen LogP contribution in [0.3, 0.4) is 0 Å². The number of hydrogen-bond acceptors (Lipinski definition) is 4. The van der Waals surface area contributed by atoms with Crippen molar-refractivity contribution in [2.75, 3.05) is 20.7 Å². The van der Waals surface area contributed by atoms with Gasteiger partial charge in [-0.15, -0.1) is 0 Å². The van der Waals surface area contributed by atoms with Crippen molar-refractivity contribution in [1.29, 1.82) is 0 Å². The molecule has 112 valence electrons. The van der Waals surface area contributed by atoms with Crippen LogP contribution in [0.1, 0.15) is 52.4 Å². The first-order valence-electron chi connectivity index (χ1n) is 7.44. The van der Waals surface area contributed by atoms with Gasteiger partial charge in [-0.25, -0.2) is 0 Å². The average molecular weight is 270 g/mol. The lowest BCUT2D eigenvalue weighted by atomic mass is 9.88. The maximum Gasteiger partial charge on any atom is 0.325 e. The van der Waals surface area contributed by atoms with Crippen LogP contribution in [-0.2, 0) is 9.53 Å². The van der Waals surface area contributed by atoms with Crippen molar-refractivity contribution >= 4 is 5.97 Å². The van der Waals surface area contributed by atoms with Crippen LogP contribution >= 0.6 is 0 Å². The zero-order chi connectivity index (χ0) is 14.5. The number of methoxy groups -OCH3 is 1. The van der Waals surface area contributed by atoms with E-state index in [-0.39, 0.29) is 12.0 Å². The highest BCUT2D eigenvalue weighted by atomic mass is 16.5. The molecule has 0 amide bonds. The summed E-state index contributed by atoms with van der Waals surface area (Å²) in [6.45, 7) is 5.00. The molecule has 1 rings (SSSR count). The third-order valence-electron chi connectivity index (χ3n) is 4.39. The summed E-state index contributed by atoms with van der Waals surface area (Å²) in [5, 5.41) is 0. The van der Waals surface area contributed by atoms with Gasteiger partial charge in [-0.2, -0.15) is 0 Å². The zero-order valence-corrected chi connectivity index (χ0v) is 12.9. The Morgan fingerprint density at radius 2 is 2.00 bits per heavy atom. The van der Waals surface area contributed by atoms with Gasteiger partial charge >= 0.3 is 5.97 Å². The summed E-state index contributed by atoms with van der Waals surface area (Å²) < 4.78 is 4.76. The molecule has 0 spiro atoms. The molecule has 0 saturated heterocycles. The lowest BCUT2D eigenvalue weighted by molar-refractivity contribution is -0.147. The third kappa shape index (κ3) is 5.11. The van der Waals surface area contributed by atoms with Crippen molar-refractivity contribution in [1.82, 2.24) is 4.90 Å². The van der Waals surface area contributed by atoms with E-state index < -0.39 is 5.54 Å². The lowest BCUT2D eigenvalue weighted by Crippen LogP contribution is -2.50. The molecule has 0 aromatic carbocycles. The first-order chi connectivity index (χ1) is 8.86. The van der Waals surface area contributed by atoms with E-state index in [1.807, 2.05) is 0 Å². The van der Waals surface area contributed by atoms with Crippen molar-refractivity contribution in [3.8, 4) is 0 Å². The maximum atomic E-state index is 11.6. The fourth-order valence-corrected chi connectivity index (χ4v) is 3.04. The smallest absolute Gasteiger partial charge is 0.325 e. The molecule has 2 atom stereocenters. The van der Waals surface area contributed by atoms with Gasteiger partial charge in [0.05, 0.1) is 7.11 Å². The standard InChI is InChI=1S/C15H30N2O2/c1-12(10-15(2,16)14(18)19-4)17(3)11-13-8-6-5-7-9-13/h12-13H,5-11,16H2,1-4H3. The summed E-state index contributed by atoms with van der Waals surface area (Å²) in [5.41, 5.74) is 5.15. The zero-order valence-electron chi connectivity index (χ0n) is 12.9. The van der Waals surface area contributed by atoms with Gasteiger partial charge < -0.3 is 15.4 Å². The molecule has 1 saturated carbocycles. The fraction of sp³-hybridized carbons (Fsp3) is 0.933. The largest absolute Gasteiger partial charge is 0.468 e. The van der Waals surface area contributed by atoms with Crippen LogP contribution in [0.4, 0.5) is 0 Å². The summed E-state index contributed by atoms with van der Waals surface area (Å²) in [6, 6.07) is 0.288. The first-order valence-corrected chi connectivity index (χ1v) is 7.44. The van der Waals surface area contributed by atoms with Crippen LogP contribution in [-0.4, -0.2) is 43.2 Å². The van der Waals surface area contributed by atoms with Crippen molar-refractivity contribution < 1.29 is 9.53 Å². The van der Waals surface area contributed by atoms with Crippen molar-refractivity contribution in [2.45, 2.75) is 64.0 Å². The molecule has 0 aromatic rings. The van der Waals surface area contributed by atoms with Gasteiger partial charge in [0.1, 0.15) is 5.54 Å². The molecule has 2 unspecified atom stereocenters. The van der Waals surface area contributed by atoms with Crippen LogP contribution in [0.2, 0.25) is 0 Å². The molecule has 0 aromatic heterocycles. The van der Waals surface area contributed by atoms with Crippen LogP contribution in [0.15, 0.2) is 0 Å². The van der Waals surface area contributed by atoms with Gasteiger partial charge in [-0.05, 0) is 46.1 Å². The molecule has 19 heavy (non-hydrogen) atoms. The Kier molecular flexibility index (Phi) is 6.27. The quantitative estimate of drug-likeness (QED) is 0.752. The normalized spacial score (nSPS) is 22.0. The number of carbonyl (C=O) groups is 1. The molecule has 1 fully saturated rings. The highest BCUT2D eigenvalue weighted by Gasteiger charge is 2.32. The Bertz CT molecular complexity index is 286. The second-order valence-corrected chi connectivity index (χ2v) is 6.41. The molecule has 0 bridgehead atoms. The van der Waals surface area contributed by atoms with E-state index in [0.717, 1.165) is 12.5 Å². The van der Waals surface area contributed by atoms with E-state index in [2.05, 4.69) is 18.9 Å². The highest BCUT2D eigenvalue weighted by molar-refractivity contribution is 5.79. The lowest BCUT2D eigenvalue weighted by Gasteiger charge is -2.34. The Labute approximate surface area is 117 Å². The summed E-state index contributed by atoms with van der Waals surface area (Å²) in [7, 11) is 3.52. The molecule has 1 aliphatic carbocycles. The van der Waals surface area contributed by atoms with E-state index >= 15 is 0 Å². The molecule has 0 heterocycles. The van der Waals surface area contributed by atoms with E-state index in [9.17, 15) is 4.79 Å². The molecular formula is C15H30N2O2. The Hall–Kier alpha value is -0.610. The van der Waals surface area contributed by atoms with Crippen LogP contribution in [0.25, 0.3) is 0 Å². The third-order valence-corrected chi connectivity index (χ3v) is 4.39. The first kappa shape index (κ1) is 16.4. The monoisotopic (exact) mass is 270 g/mol. The summed E-state index contributed by atoms with van der Waals surface area (Å²) in [4.78, 5) is 14.0. The molecule has 4 heteroatoms. The van der Waals surface area contributed by atoms with Crippen molar-refractivity contribution in [3.63, 3.8) is 0 Å². The predicted octanol–water partition coefficient (Wildman–Crippen LogP) is 2.17. The molecule has 0 aliphatic heterocycles. The summed E-state index contributed by atoms with van der Waals surface area (Å²) in [5.74, 6) is 0.480. The van der Waals surface area contributed by atoms with Crippen LogP contribution in [0, 0.1) is 5.92 Å². The van der Waals surface area contributed by atoms with Gasteiger partial charge in [0.15, 0.2) is 0 Å². The Morgan fingerprint density at radius 3 is 2.53 bits per heavy atom. The fourth-order valence-electron chi connectivity index (χ4n) is 3.04. The van der Waals surface area contributed by atoms with Gasteiger partial charge in [0.25, 0.3) is 0 Å². The number of hydrogen-bond donors (Lipinski definition) is 1. The van der Waals surface area contributed by atoms with Crippen molar-refractivity contribution in [2.24, 2.45) is 11.7 Å². The molecule has 2 N–H and O–H groups in total. The van der Waals surface area contributed by atoms with Crippen LogP contribution in [0.5, 0.6) is 0 Å². The van der Waals surface area contributed by atoms with Gasteiger partial charge in [0, 0.05) is 12.6 Å². The second-order valence-electron chi connectivity index (χ2n) is 6.41. The summed E-state index contributed by atoms with van der Waals surface area (Å²) in [6.07, 6.45) is 7.43. The van der Waals surface area contributed by atoms with Crippen LogP contribution < -0.4 is 5.73 Å². The molecular weight excluding hydrogens is 240 g/mol. The van der Waals surface area contributed by atoms with E-state index in [1.54, 1.807) is 6.92 Å². The number of nitrogens with zero attached hydrogens (tertiary/aromatic N) is 1. The van der Waals surface area contributed by atoms with E-state index in [4.69, 9.17) is 10.5 Å². The number of ether oxygens (including phenoxy) is 1. The minimum absolute atomic E-state index is 0.288. The number of carbonyl (C=O) groups excluding carboxylic acids is 1. The SMILES string of the molecule is COC(=O)C(C)(N)CC(C)N(C)CC1CCCCC1.